The van der Waals surface area contributed by atoms with Crippen molar-refractivity contribution in [2.24, 2.45) is 0 Å². The minimum absolute atomic E-state index is 0.0111. The maximum Gasteiger partial charge on any atom is 0.245 e. The Hall–Kier alpha value is -1.50. The number of benzene rings is 1. The smallest absolute Gasteiger partial charge is 0.245 e. The van der Waals surface area contributed by atoms with Crippen LogP contribution < -0.4 is 0 Å². The topological polar surface area (TPSA) is 59.5 Å². The van der Waals surface area contributed by atoms with E-state index in [9.17, 15) is 8.42 Å². The molecule has 2 aromatic rings. The van der Waals surface area contributed by atoms with Crippen molar-refractivity contribution in [3.63, 3.8) is 0 Å². The van der Waals surface area contributed by atoms with E-state index >= 15 is 0 Å². The van der Waals surface area contributed by atoms with E-state index in [0.717, 1.165) is 37.7 Å². The Morgan fingerprint density at radius 1 is 1.25 bits per heavy atom. The lowest BCUT2D eigenvalue weighted by Crippen LogP contribution is -2.40. The molecule has 5 nitrogen and oxygen atoms in total. The van der Waals surface area contributed by atoms with E-state index < -0.39 is 10.0 Å². The molecule has 1 aromatic carbocycles. The third kappa shape index (κ3) is 3.61. The second-order valence-corrected chi connectivity index (χ2v) is 8.09. The molecule has 1 atom stereocenters. The van der Waals surface area contributed by atoms with Crippen molar-refractivity contribution in [2.75, 3.05) is 19.7 Å². The van der Waals surface area contributed by atoms with Gasteiger partial charge in [0.1, 0.15) is 4.90 Å². The Labute approximate surface area is 143 Å². The molecule has 6 heteroatoms. The summed E-state index contributed by atoms with van der Waals surface area (Å²) < 4.78 is 33.8. The predicted molar refractivity (Wildman–Crippen MR) is 94.4 cm³/mol. The maximum absolute atomic E-state index is 13.2. The molecule has 1 aromatic heterocycles. The molecular weight excluding hydrogens is 324 g/mol. The molecule has 1 aliphatic heterocycles. The van der Waals surface area contributed by atoms with E-state index in [0.29, 0.717) is 18.6 Å². The summed E-state index contributed by atoms with van der Waals surface area (Å²) in [5, 5.41) is 0.837. The molecule has 0 amide bonds. The van der Waals surface area contributed by atoms with Crippen LogP contribution in [0.5, 0.6) is 0 Å². The fourth-order valence-corrected chi connectivity index (χ4v) is 4.89. The van der Waals surface area contributed by atoms with Gasteiger partial charge < -0.3 is 4.74 Å². The molecule has 2 heterocycles. The van der Waals surface area contributed by atoms with E-state index in [1.54, 1.807) is 22.6 Å². The van der Waals surface area contributed by atoms with Crippen LogP contribution in [0, 0.1) is 0 Å². The lowest BCUT2D eigenvalue weighted by Gasteiger charge is -2.29. The highest BCUT2D eigenvalue weighted by Gasteiger charge is 2.29. The SMILES string of the molecule is CCCN(CC1CCCCO1)S(=O)(=O)c1cccc2cccnc12. The van der Waals surface area contributed by atoms with Gasteiger partial charge in [-0.25, -0.2) is 8.42 Å². The van der Waals surface area contributed by atoms with Gasteiger partial charge in [0.05, 0.1) is 11.6 Å². The average Bonchev–Trinajstić information content (AvgIpc) is 2.61. The molecule has 24 heavy (non-hydrogen) atoms. The van der Waals surface area contributed by atoms with Crippen LogP contribution in [0.2, 0.25) is 0 Å². The van der Waals surface area contributed by atoms with Gasteiger partial charge in [-0.15, -0.1) is 0 Å². The van der Waals surface area contributed by atoms with Gasteiger partial charge in [0, 0.05) is 31.3 Å². The monoisotopic (exact) mass is 348 g/mol. The van der Waals surface area contributed by atoms with Crippen LogP contribution >= 0.6 is 0 Å². The lowest BCUT2D eigenvalue weighted by atomic mass is 10.1. The van der Waals surface area contributed by atoms with Crippen LogP contribution in [0.4, 0.5) is 0 Å². The highest BCUT2D eigenvalue weighted by Crippen LogP contribution is 2.25. The Bertz CT molecular complexity index is 780. The molecule has 130 valence electrons. The summed E-state index contributed by atoms with van der Waals surface area (Å²) in [6.07, 6.45) is 5.47. The number of nitrogens with zero attached hydrogens (tertiary/aromatic N) is 2. The van der Waals surface area contributed by atoms with Gasteiger partial charge in [0.2, 0.25) is 10.0 Å². The van der Waals surface area contributed by atoms with Gasteiger partial charge >= 0.3 is 0 Å². The van der Waals surface area contributed by atoms with Crippen molar-refractivity contribution in [1.82, 2.24) is 9.29 Å². The molecule has 0 bridgehead atoms. The van der Waals surface area contributed by atoms with Gasteiger partial charge in [-0.1, -0.05) is 25.1 Å². The molecule has 0 spiro atoms. The fourth-order valence-electron chi connectivity index (χ4n) is 3.16. The second kappa shape index (κ2) is 7.59. The van der Waals surface area contributed by atoms with Gasteiger partial charge in [0.25, 0.3) is 0 Å². The first-order valence-corrected chi connectivity index (χ1v) is 10.0. The molecule has 0 N–H and O–H groups in total. The minimum Gasteiger partial charge on any atom is -0.377 e. The van der Waals surface area contributed by atoms with Crippen LogP contribution in [0.25, 0.3) is 10.9 Å². The number of para-hydroxylation sites is 1. The second-order valence-electron chi connectivity index (χ2n) is 6.18. The number of aromatic nitrogens is 1. The first-order valence-electron chi connectivity index (χ1n) is 8.58. The Balaban J connectivity index is 1.95. The zero-order valence-electron chi connectivity index (χ0n) is 14.0. The van der Waals surface area contributed by atoms with Crippen molar-refractivity contribution < 1.29 is 13.2 Å². The lowest BCUT2D eigenvalue weighted by molar-refractivity contribution is 0.00625. The molecule has 1 fully saturated rings. The number of fused-ring (bicyclic) bond motifs is 1. The van der Waals surface area contributed by atoms with Gasteiger partial charge in [-0.2, -0.15) is 4.31 Å². The summed E-state index contributed by atoms with van der Waals surface area (Å²) in [6, 6.07) is 9.01. The average molecular weight is 348 g/mol. The molecule has 1 aliphatic rings. The van der Waals surface area contributed by atoms with Crippen molar-refractivity contribution in [3.8, 4) is 0 Å². The molecule has 0 radical (unpaired) electrons. The van der Waals surface area contributed by atoms with Gasteiger partial charge in [0.15, 0.2) is 0 Å². The number of sulfonamides is 1. The third-order valence-electron chi connectivity index (χ3n) is 4.37. The fraction of sp³-hybridized carbons (Fsp3) is 0.500. The zero-order valence-corrected chi connectivity index (χ0v) is 14.8. The van der Waals surface area contributed by atoms with E-state index in [4.69, 9.17) is 4.74 Å². The first kappa shape index (κ1) is 17.3. The number of rotatable bonds is 6. The quantitative estimate of drug-likeness (QED) is 0.804. The van der Waals surface area contributed by atoms with E-state index in [1.807, 2.05) is 25.1 Å². The highest BCUT2D eigenvalue weighted by atomic mass is 32.2. The van der Waals surface area contributed by atoms with E-state index in [1.165, 1.54) is 0 Å². The summed E-state index contributed by atoms with van der Waals surface area (Å²) in [5.41, 5.74) is 0.533. The van der Waals surface area contributed by atoms with Crippen LogP contribution in [0.1, 0.15) is 32.6 Å². The summed E-state index contributed by atoms with van der Waals surface area (Å²) >= 11 is 0. The zero-order chi connectivity index (χ0) is 17.0. The molecule has 3 rings (SSSR count). The largest absolute Gasteiger partial charge is 0.377 e. The Morgan fingerprint density at radius 2 is 2.08 bits per heavy atom. The summed E-state index contributed by atoms with van der Waals surface area (Å²) in [4.78, 5) is 4.58. The standard InChI is InChI=1S/C18H24N2O3S/c1-2-12-20(14-16-9-3-4-13-23-16)24(21,22)17-10-5-7-15-8-6-11-19-18(15)17/h5-8,10-11,16H,2-4,9,12-14H2,1H3. The minimum atomic E-state index is -3.60. The van der Waals surface area contributed by atoms with E-state index in [2.05, 4.69) is 4.98 Å². The number of hydrogen-bond donors (Lipinski definition) is 0. The highest BCUT2D eigenvalue weighted by molar-refractivity contribution is 7.89. The number of ether oxygens (including phenoxy) is 1. The Kier molecular flexibility index (Phi) is 5.48. The maximum atomic E-state index is 13.2. The summed E-state index contributed by atoms with van der Waals surface area (Å²) in [7, 11) is -3.60. The van der Waals surface area contributed by atoms with Crippen molar-refractivity contribution in [2.45, 2.75) is 43.6 Å². The number of hydrogen-bond acceptors (Lipinski definition) is 4. The molecule has 0 saturated carbocycles. The predicted octanol–water partition coefficient (Wildman–Crippen LogP) is 3.20. The number of pyridine rings is 1. The van der Waals surface area contributed by atoms with Gasteiger partial charge in [-0.05, 0) is 37.8 Å². The van der Waals surface area contributed by atoms with Crippen LogP contribution in [-0.4, -0.2) is 43.5 Å². The summed E-state index contributed by atoms with van der Waals surface area (Å²) in [6.45, 7) is 3.62. The van der Waals surface area contributed by atoms with Crippen LogP contribution in [0.15, 0.2) is 41.4 Å². The van der Waals surface area contributed by atoms with E-state index in [-0.39, 0.29) is 11.0 Å². The summed E-state index contributed by atoms with van der Waals surface area (Å²) in [5.74, 6) is 0. The third-order valence-corrected chi connectivity index (χ3v) is 6.26. The van der Waals surface area contributed by atoms with Crippen molar-refractivity contribution in [3.05, 3.63) is 36.5 Å². The molecule has 1 unspecified atom stereocenters. The van der Waals surface area contributed by atoms with Crippen molar-refractivity contribution in [1.29, 1.82) is 0 Å². The Morgan fingerprint density at radius 3 is 2.83 bits per heavy atom. The van der Waals surface area contributed by atoms with Crippen LogP contribution in [-0.2, 0) is 14.8 Å². The molecule has 0 aliphatic carbocycles. The molecular formula is C18H24N2O3S. The van der Waals surface area contributed by atoms with Crippen LogP contribution in [0.3, 0.4) is 0 Å². The van der Waals surface area contributed by atoms with Gasteiger partial charge in [-0.3, -0.25) is 4.98 Å². The molecule has 1 saturated heterocycles. The normalized spacial score (nSPS) is 19.0. The van der Waals surface area contributed by atoms with Crippen molar-refractivity contribution >= 4 is 20.9 Å². The first-order chi connectivity index (χ1) is 11.6.